The first-order valence-corrected chi connectivity index (χ1v) is 7.41. The molecule has 0 aliphatic heterocycles. The van der Waals surface area contributed by atoms with Crippen molar-refractivity contribution < 1.29 is 18.0 Å². The van der Waals surface area contributed by atoms with Crippen molar-refractivity contribution in [3.8, 4) is 0 Å². The van der Waals surface area contributed by atoms with Gasteiger partial charge in [-0.05, 0) is 31.2 Å². The van der Waals surface area contributed by atoms with Gasteiger partial charge in [0, 0.05) is 30.9 Å². The lowest BCUT2D eigenvalue weighted by Gasteiger charge is -2.15. The third kappa shape index (κ3) is 6.39. The highest BCUT2D eigenvalue weighted by atomic mass is 35.5. The maximum Gasteiger partial charge on any atom is 0.389 e. The standard InChI is InChI=1S/C16H19F3N4O.ClH/c1-20-14(12-9-21-23(2)10-12)15(24)22-13-5-3-4-11(8-13)6-7-16(17,18)19;/h3-5,8-10,14,20H,6-7H2,1-2H3,(H,22,24);1H. The van der Waals surface area contributed by atoms with Gasteiger partial charge >= 0.3 is 6.18 Å². The number of nitrogens with zero attached hydrogens (tertiary/aromatic N) is 2. The van der Waals surface area contributed by atoms with Crippen molar-refractivity contribution in [3.05, 3.63) is 47.8 Å². The fourth-order valence-electron chi connectivity index (χ4n) is 2.34. The van der Waals surface area contributed by atoms with E-state index in [0.717, 1.165) is 0 Å². The highest BCUT2D eigenvalue weighted by Crippen LogP contribution is 2.23. The SMILES string of the molecule is CNC(C(=O)Nc1cccc(CCC(F)(F)F)c1)c1cnn(C)c1.Cl. The van der Waals surface area contributed by atoms with Gasteiger partial charge < -0.3 is 10.6 Å². The zero-order valence-corrected chi connectivity index (χ0v) is 14.6. The molecule has 1 amide bonds. The molecule has 0 saturated carbocycles. The number of nitrogens with one attached hydrogen (secondary N) is 2. The molecule has 0 bridgehead atoms. The van der Waals surface area contributed by atoms with Gasteiger partial charge in [-0.15, -0.1) is 12.4 Å². The van der Waals surface area contributed by atoms with E-state index in [-0.39, 0.29) is 24.7 Å². The van der Waals surface area contributed by atoms with Crippen LogP contribution in [-0.2, 0) is 18.3 Å². The lowest BCUT2D eigenvalue weighted by molar-refractivity contribution is -0.134. The summed E-state index contributed by atoms with van der Waals surface area (Å²) in [5, 5.41) is 9.64. The maximum absolute atomic E-state index is 12.4. The molecule has 1 heterocycles. The predicted molar refractivity (Wildman–Crippen MR) is 91.7 cm³/mol. The van der Waals surface area contributed by atoms with Gasteiger partial charge in [-0.3, -0.25) is 9.48 Å². The Morgan fingerprint density at radius 1 is 1.36 bits per heavy atom. The molecule has 2 rings (SSSR count). The van der Waals surface area contributed by atoms with Crippen LogP contribution in [0.4, 0.5) is 18.9 Å². The second kappa shape index (κ2) is 8.87. The van der Waals surface area contributed by atoms with Crippen molar-refractivity contribution in [1.29, 1.82) is 0 Å². The Morgan fingerprint density at radius 3 is 2.64 bits per heavy atom. The predicted octanol–water partition coefficient (Wildman–Crippen LogP) is 3.24. The van der Waals surface area contributed by atoms with Gasteiger partial charge in [-0.2, -0.15) is 18.3 Å². The second-order valence-electron chi connectivity index (χ2n) is 5.47. The number of alkyl halides is 3. The van der Waals surface area contributed by atoms with E-state index in [9.17, 15) is 18.0 Å². The summed E-state index contributed by atoms with van der Waals surface area (Å²) in [7, 11) is 3.40. The second-order valence-corrected chi connectivity index (χ2v) is 5.47. The minimum absolute atomic E-state index is 0. The topological polar surface area (TPSA) is 59.0 Å². The molecule has 2 N–H and O–H groups in total. The van der Waals surface area contributed by atoms with Crippen LogP contribution in [0.3, 0.4) is 0 Å². The van der Waals surface area contributed by atoms with Crippen LogP contribution < -0.4 is 10.6 Å². The molecule has 5 nitrogen and oxygen atoms in total. The number of halogens is 4. The van der Waals surface area contributed by atoms with Gasteiger partial charge in [-0.25, -0.2) is 0 Å². The van der Waals surface area contributed by atoms with Crippen LogP contribution >= 0.6 is 12.4 Å². The van der Waals surface area contributed by atoms with E-state index in [0.29, 0.717) is 16.8 Å². The molecule has 0 aliphatic carbocycles. The summed E-state index contributed by atoms with van der Waals surface area (Å²) in [6.07, 6.45) is -1.90. The number of rotatable bonds is 6. The van der Waals surface area contributed by atoms with Crippen LogP contribution in [0.25, 0.3) is 0 Å². The molecular formula is C16H20ClF3N4O. The Hall–Kier alpha value is -2.06. The largest absolute Gasteiger partial charge is 0.389 e. The number of likely N-dealkylation sites (N-methyl/N-ethyl adjacent to an activating group) is 1. The van der Waals surface area contributed by atoms with E-state index < -0.39 is 18.6 Å². The number of carbonyl (C=O) groups excluding carboxylic acids is 1. The average molecular weight is 377 g/mol. The van der Waals surface area contributed by atoms with Crippen LogP contribution in [0.15, 0.2) is 36.7 Å². The number of anilines is 1. The molecule has 9 heteroatoms. The fraction of sp³-hybridized carbons (Fsp3) is 0.375. The van der Waals surface area contributed by atoms with E-state index in [4.69, 9.17) is 0 Å². The molecule has 138 valence electrons. The summed E-state index contributed by atoms with van der Waals surface area (Å²) < 4.78 is 38.5. The molecular weight excluding hydrogens is 357 g/mol. The number of aromatic nitrogens is 2. The Bertz CT molecular complexity index is 703. The van der Waals surface area contributed by atoms with Gasteiger partial charge in [-0.1, -0.05) is 12.1 Å². The van der Waals surface area contributed by atoms with Crippen molar-refractivity contribution in [3.63, 3.8) is 0 Å². The quantitative estimate of drug-likeness (QED) is 0.813. The van der Waals surface area contributed by atoms with E-state index >= 15 is 0 Å². The smallest absolute Gasteiger partial charge is 0.324 e. The third-order valence-corrected chi connectivity index (χ3v) is 3.50. The van der Waals surface area contributed by atoms with Gasteiger partial charge in [0.2, 0.25) is 5.91 Å². The summed E-state index contributed by atoms with van der Waals surface area (Å²) in [5.74, 6) is -0.307. The van der Waals surface area contributed by atoms with Gasteiger partial charge in [0.25, 0.3) is 0 Å². The van der Waals surface area contributed by atoms with Crippen LogP contribution in [0, 0.1) is 0 Å². The van der Waals surface area contributed by atoms with E-state index in [1.54, 1.807) is 55.4 Å². The molecule has 0 aliphatic rings. The number of amides is 1. The van der Waals surface area contributed by atoms with E-state index in [1.807, 2.05) is 0 Å². The first-order chi connectivity index (χ1) is 11.3. The Kier molecular flexibility index (Phi) is 7.44. The van der Waals surface area contributed by atoms with Gasteiger partial charge in [0.1, 0.15) is 6.04 Å². The summed E-state index contributed by atoms with van der Waals surface area (Å²) in [6, 6.07) is 5.83. The Morgan fingerprint density at radius 2 is 2.08 bits per heavy atom. The summed E-state index contributed by atoms with van der Waals surface area (Å²) in [4.78, 5) is 12.4. The molecule has 1 aromatic carbocycles. The number of hydrogen-bond donors (Lipinski definition) is 2. The third-order valence-electron chi connectivity index (χ3n) is 3.50. The minimum Gasteiger partial charge on any atom is -0.324 e. The number of carbonyl (C=O) groups is 1. The first-order valence-electron chi connectivity index (χ1n) is 7.41. The molecule has 0 saturated heterocycles. The van der Waals surface area contributed by atoms with E-state index in [2.05, 4.69) is 15.7 Å². The van der Waals surface area contributed by atoms with Crippen molar-refractivity contribution in [2.45, 2.75) is 25.1 Å². The van der Waals surface area contributed by atoms with Crippen molar-refractivity contribution in [2.24, 2.45) is 7.05 Å². The van der Waals surface area contributed by atoms with Crippen molar-refractivity contribution in [2.75, 3.05) is 12.4 Å². The number of benzene rings is 1. The fourth-order valence-corrected chi connectivity index (χ4v) is 2.34. The average Bonchev–Trinajstić information content (AvgIpc) is 2.92. The Balaban J connectivity index is 0.00000312. The number of hydrogen-bond acceptors (Lipinski definition) is 3. The molecule has 0 spiro atoms. The molecule has 1 unspecified atom stereocenters. The van der Waals surface area contributed by atoms with E-state index in [1.165, 1.54) is 0 Å². The first kappa shape index (κ1) is 21.0. The molecule has 2 aromatic rings. The molecule has 0 radical (unpaired) electrons. The van der Waals surface area contributed by atoms with Gasteiger partial charge in [0.05, 0.1) is 6.20 Å². The lowest BCUT2D eigenvalue weighted by atomic mass is 10.1. The van der Waals surface area contributed by atoms with Crippen LogP contribution in [0.5, 0.6) is 0 Å². The van der Waals surface area contributed by atoms with Crippen LogP contribution in [-0.4, -0.2) is 28.9 Å². The summed E-state index contributed by atoms with van der Waals surface area (Å²) in [6.45, 7) is 0. The monoisotopic (exact) mass is 376 g/mol. The lowest BCUT2D eigenvalue weighted by Crippen LogP contribution is -2.30. The summed E-state index contributed by atoms with van der Waals surface area (Å²) >= 11 is 0. The highest BCUT2D eigenvalue weighted by Gasteiger charge is 2.26. The van der Waals surface area contributed by atoms with Gasteiger partial charge in [0.15, 0.2) is 0 Å². The van der Waals surface area contributed by atoms with Crippen molar-refractivity contribution >= 4 is 24.0 Å². The molecule has 1 atom stereocenters. The zero-order valence-electron chi connectivity index (χ0n) is 13.8. The van der Waals surface area contributed by atoms with Crippen LogP contribution in [0.1, 0.15) is 23.6 Å². The maximum atomic E-state index is 12.4. The van der Waals surface area contributed by atoms with Crippen molar-refractivity contribution in [1.82, 2.24) is 15.1 Å². The normalized spacial score (nSPS) is 12.4. The van der Waals surface area contributed by atoms with Crippen LogP contribution in [0.2, 0.25) is 0 Å². The summed E-state index contributed by atoms with van der Waals surface area (Å²) in [5.41, 5.74) is 1.68. The Labute approximate surface area is 150 Å². The minimum atomic E-state index is -4.20. The zero-order chi connectivity index (χ0) is 17.7. The molecule has 1 aromatic heterocycles. The number of aryl methyl sites for hydroxylation is 2. The molecule has 25 heavy (non-hydrogen) atoms. The highest BCUT2D eigenvalue weighted by molar-refractivity contribution is 5.95. The molecule has 0 fully saturated rings.